The van der Waals surface area contributed by atoms with E-state index in [0.29, 0.717) is 23.6 Å². The number of benzene rings is 2. The van der Waals surface area contributed by atoms with Crippen molar-refractivity contribution in [3.8, 4) is 0 Å². The summed E-state index contributed by atoms with van der Waals surface area (Å²) in [6, 6.07) is 12.5. The summed E-state index contributed by atoms with van der Waals surface area (Å²) < 4.78 is 0. The average Bonchev–Trinajstić information content (AvgIpc) is 2.77. The van der Waals surface area contributed by atoms with Crippen molar-refractivity contribution in [1.82, 2.24) is 10.9 Å². The number of nitrogens with one attached hydrogen (secondary N) is 2. The smallest absolute Gasteiger partial charge is 0.249 e. The zero-order chi connectivity index (χ0) is 14.3. The highest BCUT2D eigenvalue weighted by molar-refractivity contribution is 6.07. The van der Waals surface area contributed by atoms with E-state index >= 15 is 0 Å². The summed E-state index contributed by atoms with van der Waals surface area (Å²) in [5.41, 5.74) is 13.9. The number of fused-ring (bicyclic) bond motifs is 1. The summed E-state index contributed by atoms with van der Waals surface area (Å²) >= 11 is 0. The first-order valence-electron chi connectivity index (χ1n) is 6.92. The van der Waals surface area contributed by atoms with Crippen molar-refractivity contribution >= 4 is 16.7 Å². The summed E-state index contributed by atoms with van der Waals surface area (Å²) in [5.74, 6) is -0.0154. The fourth-order valence-electron chi connectivity index (χ4n) is 3.25. The Bertz CT molecular complexity index is 658. The van der Waals surface area contributed by atoms with Gasteiger partial charge in [-0.15, -0.1) is 0 Å². The van der Waals surface area contributed by atoms with Crippen molar-refractivity contribution in [1.29, 1.82) is 0 Å². The first kappa shape index (κ1) is 13.1. The number of hydrogen-bond donors (Lipinski definition) is 3. The van der Waals surface area contributed by atoms with Crippen molar-refractivity contribution in [2.75, 3.05) is 0 Å². The third-order valence-corrected chi connectivity index (χ3v) is 4.20. The van der Waals surface area contributed by atoms with Gasteiger partial charge in [0.2, 0.25) is 5.91 Å². The predicted octanol–water partition coefficient (Wildman–Crippen LogP) is 1.91. The third kappa shape index (κ3) is 1.97. The van der Waals surface area contributed by atoms with Crippen molar-refractivity contribution < 1.29 is 4.79 Å². The highest BCUT2D eigenvalue weighted by atomic mass is 16.1. The van der Waals surface area contributed by atoms with E-state index in [-0.39, 0.29) is 5.91 Å². The molecular formula is C16H19N3O. The molecule has 2 aromatic rings. The topological polar surface area (TPSA) is 67.2 Å². The molecule has 1 aliphatic heterocycles. The molecule has 2 aromatic carbocycles. The van der Waals surface area contributed by atoms with E-state index in [9.17, 15) is 4.79 Å². The number of hydrazine groups is 1. The van der Waals surface area contributed by atoms with Gasteiger partial charge in [0.05, 0.1) is 0 Å². The van der Waals surface area contributed by atoms with Gasteiger partial charge in [-0.3, -0.25) is 15.6 Å². The first-order chi connectivity index (χ1) is 9.59. The molecule has 1 aliphatic rings. The summed E-state index contributed by atoms with van der Waals surface area (Å²) in [5, 5.41) is 2.04. The molecule has 1 amide bonds. The van der Waals surface area contributed by atoms with Gasteiger partial charge in [-0.25, -0.2) is 0 Å². The largest absolute Gasteiger partial charge is 0.366 e. The molecule has 2 atom stereocenters. The molecule has 1 heterocycles. The van der Waals surface area contributed by atoms with Crippen molar-refractivity contribution in [3.63, 3.8) is 0 Å². The lowest BCUT2D eigenvalue weighted by atomic mass is 9.85. The number of primary amides is 1. The summed E-state index contributed by atoms with van der Waals surface area (Å²) in [7, 11) is 0. The van der Waals surface area contributed by atoms with E-state index in [2.05, 4.69) is 36.8 Å². The second kappa shape index (κ2) is 4.89. The van der Waals surface area contributed by atoms with E-state index in [0.717, 1.165) is 10.8 Å². The lowest BCUT2D eigenvalue weighted by molar-refractivity contribution is 0.100. The minimum Gasteiger partial charge on any atom is -0.366 e. The van der Waals surface area contributed by atoms with Crippen LogP contribution in [0.2, 0.25) is 0 Å². The van der Waals surface area contributed by atoms with E-state index in [1.165, 1.54) is 5.56 Å². The minimum absolute atomic E-state index is 0.341. The lowest BCUT2D eigenvalue weighted by Crippen LogP contribution is -2.30. The molecule has 0 bridgehead atoms. The molecule has 1 fully saturated rings. The molecule has 0 aromatic heterocycles. The normalized spacial score (nSPS) is 26.0. The van der Waals surface area contributed by atoms with Crippen LogP contribution in [0.25, 0.3) is 10.8 Å². The molecule has 4 N–H and O–H groups in total. The summed E-state index contributed by atoms with van der Waals surface area (Å²) in [6.07, 6.45) is 0. The maximum Gasteiger partial charge on any atom is 0.249 e. The Morgan fingerprint density at radius 2 is 1.60 bits per heavy atom. The van der Waals surface area contributed by atoms with E-state index in [1.807, 2.05) is 18.2 Å². The molecule has 20 heavy (non-hydrogen) atoms. The summed E-state index contributed by atoms with van der Waals surface area (Å²) in [4.78, 5) is 11.6. The maximum absolute atomic E-state index is 11.6. The molecule has 2 unspecified atom stereocenters. The number of rotatable bonds is 2. The number of hydrogen-bond acceptors (Lipinski definition) is 3. The van der Waals surface area contributed by atoms with Crippen LogP contribution in [0.1, 0.15) is 35.7 Å². The minimum atomic E-state index is -0.378. The fourth-order valence-corrected chi connectivity index (χ4v) is 3.25. The molecule has 1 saturated heterocycles. The van der Waals surface area contributed by atoms with Crippen LogP contribution in [-0.2, 0) is 0 Å². The first-order valence-corrected chi connectivity index (χ1v) is 6.92. The Hall–Kier alpha value is -1.91. The zero-order valence-electron chi connectivity index (χ0n) is 11.7. The SMILES string of the molecule is CC1NNC(C)C1c1cccc2c(C(N)=O)cccc12. The molecule has 0 saturated carbocycles. The standard InChI is InChI=1S/C16H19N3O/c1-9-15(10(2)19-18-9)13-7-3-6-12-11(13)5-4-8-14(12)16(17)20/h3-10,15,18-19H,1-2H3,(H2,17,20). The molecule has 4 nitrogen and oxygen atoms in total. The molecule has 104 valence electrons. The van der Waals surface area contributed by atoms with Crippen LogP contribution in [0.15, 0.2) is 36.4 Å². The second-order valence-corrected chi connectivity index (χ2v) is 5.50. The Morgan fingerprint density at radius 3 is 2.25 bits per heavy atom. The van der Waals surface area contributed by atoms with Gasteiger partial charge in [0.1, 0.15) is 0 Å². The van der Waals surface area contributed by atoms with Crippen LogP contribution >= 0.6 is 0 Å². The molecular weight excluding hydrogens is 250 g/mol. The Labute approximate surface area is 118 Å². The molecule has 4 heteroatoms. The fraction of sp³-hybridized carbons (Fsp3) is 0.312. The quantitative estimate of drug-likeness (QED) is 0.780. The third-order valence-electron chi connectivity index (χ3n) is 4.20. The number of amides is 1. The molecule has 3 rings (SSSR count). The van der Waals surface area contributed by atoms with Gasteiger partial charge in [0.25, 0.3) is 0 Å². The van der Waals surface area contributed by atoms with Gasteiger partial charge in [-0.2, -0.15) is 0 Å². The van der Waals surface area contributed by atoms with Gasteiger partial charge >= 0.3 is 0 Å². The molecule has 0 spiro atoms. The van der Waals surface area contributed by atoms with Crippen molar-refractivity contribution in [3.05, 3.63) is 47.5 Å². The van der Waals surface area contributed by atoms with Gasteiger partial charge in [0, 0.05) is 23.6 Å². The van der Waals surface area contributed by atoms with Gasteiger partial charge < -0.3 is 5.73 Å². The Morgan fingerprint density at radius 1 is 1.00 bits per heavy atom. The highest BCUT2D eigenvalue weighted by Gasteiger charge is 2.32. The Kier molecular flexibility index (Phi) is 3.20. The molecule has 0 radical (unpaired) electrons. The van der Waals surface area contributed by atoms with E-state index in [1.54, 1.807) is 6.07 Å². The van der Waals surface area contributed by atoms with Gasteiger partial charge in [-0.1, -0.05) is 30.3 Å². The van der Waals surface area contributed by atoms with Crippen LogP contribution in [0.5, 0.6) is 0 Å². The monoisotopic (exact) mass is 269 g/mol. The predicted molar refractivity (Wildman–Crippen MR) is 80.4 cm³/mol. The van der Waals surface area contributed by atoms with Crippen LogP contribution in [0.3, 0.4) is 0 Å². The van der Waals surface area contributed by atoms with E-state index in [4.69, 9.17) is 5.73 Å². The number of carbonyl (C=O) groups excluding carboxylic acids is 1. The average molecular weight is 269 g/mol. The van der Waals surface area contributed by atoms with Gasteiger partial charge in [0.15, 0.2) is 0 Å². The van der Waals surface area contributed by atoms with Crippen LogP contribution in [0, 0.1) is 0 Å². The van der Waals surface area contributed by atoms with Crippen LogP contribution in [-0.4, -0.2) is 18.0 Å². The number of carbonyl (C=O) groups is 1. The van der Waals surface area contributed by atoms with Crippen LogP contribution < -0.4 is 16.6 Å². The Balaban J connectivity index is 2.22. The van der Waals surface area contributed by atoms with Crippen molar-refractivity contribution in [2.45, 2.75) is 31.8 Å². The zero-order valence-corrected chi connectivity index (χ0v) is 11.7. The number of nitrogens with two attached hydrogens (primary N) is 1. The highest BCUT2D eigenvalue weighted by Crippen LogP contribution is 2.33. The molecule has 0 aliphatic carbocycles. The van der Waals surface area contributed by atoms with E-state index < -0.39 is 0 Å². The van der Waals surface area contributed by atoms with Crippen LogP contribution in [0.4, 0.5) is 0 Å². The van der Waals surface area contributed by atoms with Crippen molar-refractivity contribution in [2.24, 2.45) is 5.73 Å². The second-order valence-electron chi connectivity index (χ2n) is 5.50. The van der Waals surface area contributed by atoms with Gasteiger partial charge in [-0.05, 0) is 36.2 Å². The lowest BCUT2D eigenvalue weighted by Gasteiger charge is -2.21. The maximum atomic E-state index is 11.6. The summed E-state index contributed by atoms with van der Waals surface area (Å²) in [6.45, 7) is 4.33.